The van der Waals surface area contributed by atoms with E-state index in [1.54, 1.807) is 12.1 Å². The number of piperidine rings is 1. The smallest absolute Gasteiger partial charge is 0.176 e. The van der Waals surface area contributed by atoms with Gasteiger partial charge in [-0.15, -0.1) is 0 Å². The van der Waals surface area contributed by atoms with Crippen LogP contribution in [0.4, 0.5) is 0 Å². The number of ketones is 1. The number of halogens is 1. The zero-order chi connectivity index (χ0) is 13.9. The van der Waals surface area contributed by atoms with Gasteiger partial charge in [0.15, 0.2) is 5.78 Å². The molecule has 1 heterocycles. The van der Waals surface area contributed by atoms with Crippen LogP contribution in [0.5, 0.6) is 0 Å². The Morgan fingerprint density at radius 2 is 1.80 bits per heavy atom. The van der Waals surface area contributed by atoms with E-state index >= 15 is 0 Å². The van der Waals surface area contributed by atoms with Gasteiger partial charge in [0.05, 0.1) is 6.54 Å². The number of Topliss-reactive ketones (excluding diaryl/α,β-unsaturated/α-hetero) is 1. The van der Waals surface area contributed by atoms with Crippen molar-refractivity contribution in [2.45, 2.75) is 44.6 Å². The summed E-state index contributed by atoms with van der Waals surface area (Å²) >= 11 is 5.88. The SMILES string of the molecule is O=C(CN1CCCC2CCCCC21)c1ccc(Cl)cc1. The molecule has 1 aromatic carbocycles. The first-order chi connectivity index (χ1) is 9.74. The third-order valence-corrected chi connectivity index (χ3v) is 5.12. The first-order valence-corrected chi connectivity index (χ1v) is 8.14. The monoisotopic (exact) mass is 291 g/mol. The molecule has 1 aliphatic heterocycles. The lowest BCUT2D eigenvalue weighted by Crippen LogP contribution is -2.48. The molecule has 2 fully saturated rings. The topological polar surface area (TPSA) is 20.3 Å². The Bertz CT molecular complexity index is 468. The molecule has 1 saturated heterocycles. The van der Waals surface area contributed by atoms with E-state index in [0.717, 1.165) is 18.0 Å². The maximum atomic E-state index is 12.4. The largest absolute Gasteiger partial charge is 0.293 e. The van der Waals surface area contributed by atoms with E-state index in [2.05, 4.69) is 4.90 Å². The van der Waals surface area contributed by atoms with E-state index in [9.17, 15) is 4.79 Å². The van der Waals surface area contributed by atoms with Gasteiger partial charge in [-0.25, -0.2) is 0 Å². The summed E-state index contributed by atoms with van der Waals surface area (Å²) in [6.07, 6.45) is 7.94. The minimum Gasteiger partial charge on any atom is -0.293 e. The van der Waals surface area contributed by atoms with Gasteiger partial charge < -0.3 is 0 Å². The minimum atomic E-state index is 0.230. The van der Waals surface area contributed by atoms with Gasteiger partial charge >= 0.3 is 0 Å². The van der Waals surface area contributed by atoms with Crippen LogP contribution in [0.1, 0.15) is 48.9 Å². The summed E-state index contributed by atoms with van der Waals surface area (Å²) < 4.78 is 0. The first kappa shape index (κ1) is 14.1. The van der Waals surface area contributed by atoms with Crippen molar-refractivity contribution >= 4 is 17.4 Å². The molecule has 0 amide bonds. The molecule has 1 aromatic rings. The normalized spacial score (nSPS) is 27.1. The van der Waals surface area contributed by atoms with E-state index in [0.29, 0.717) is 17.6 Å². The zero-order valence-corrected chi connectivity index (χ0v) is 12.6. The Labute approximate surface area is 126 Å². The van der Waals surface area contributed by atoms with Crippen LogP contribution < -0.4 is 0 Å². The Morgan fingerprint density at radius 1 is 1.10 bits per heavy atom. The summed E-state index contributed by atoms with van der Waals surface area (Å²) in [6.45, 7) is 1.66. The molecule has 1 aliphatic carbocycles. The number of nitrogens with zero attached hydrogens (tertiary/aromatic N) is 1. The fourth-order valence-corrected chi connectivity index (χ4v) is 3.96. The van der Waals surface area contributed by atoms with Gasteiger partial charge in [-0.1, -0.05) is 24.4 Å². The lowest BCUT2D eigenvalue weighted by molar-refractivity contribution is 0.0539. The molecule has 20 heavy (non-hydrogen) atoms. The average Bonchev–Trinajstić information content (AvgIpc) is 2.48. The van der Waals surface area contributed by atoms with Crippen LogP contribution in [-0.4, -0.2) is 29.8 Å². The first-order valence-electron chi connectivity index (χ1n) is 7.77. The molecule has 1 saturated carbocycles. The number of hydrogen-bond donors (Lipinski definition) is 0. The molecule has 0 N–H and O–H groups in total. The lowest BCUT2D eigenvalue weighted by Gasteiger charge is -2.43. The van der Waals surface area contributed by atoms with Gasteiger partial charge in [0.2, 0.25) is 0 Å². The molecule has 0 aromatic heterocycles. The Hall–Kier alpha value is -0.860. The Balaban J connectivity index is 1.66. The maximum absolute atomic E-state index is 12.4. The van der Waals surface area contributed by atoms with Crippen molar-refractivity contribution < 1.29 is 4.79 Å². The number of rotatable bonds is 3. The molecule has 108 valence electrons. The second-order valence-corrected chi connectivity index (χ2v) is 6.59. The summed E-state index contributed by atoms with van der Waals surface area (Å²) in [5.41, 5.74) is 0.785. The molecule has 2 aliphatic rings. The highest BCUT2D eigenvalue weighted by Crippen LogP contribution is 2.35. The van der Waals surface area contributed by atoms with Crippen molar-refractivity contribution in [3.63, 3.8) is 0 Å². The second-order valence-electron chi connectivity index (χ2n) is 6.15. The van der Waals surface area contributed by atoms with Gasteiger partial charge in [0, 0.05) is 16.6 Å². The molecule has 3 heteroatoms. The molecule has 0 bridgehead atoms. The predicted octanol–water partition coefficient (Wildman–Crippen LogP) is 4.18. The highest BCUT2D eigenvalue weighted by molar-refractivity contribution is 6.30. The average molecular weight is 292 g/mol. The van der Waals surface area contributed by atoms with E-state index in [1.165, 1.54) is 38.5 Å². The minimum absolute atomic E-state index is 0.230. The van der Waals surface area contributed by atoms with Crippen LogP contribution in [-0.2, 0) is 0 Å². The highest BCUT2D eigenvalue weighted by atomic mass is 35.5. The third kappa shape index (κ3) is 3.07. The standard InChI is InChI=1S/C17H22ClNO/c18-15-9-7-14(8-10-15)17(20)12-19-11-3-5-13-4-1-2-6-16(13)19/h7-10,13,16H,1-6,11-12H2. The Morgan fingerprint density at radius 3 is 2.60 bits per heavy atom. The molecule has 0 spiro atoms. The van der Waals surface area contributed by atoms with Crippen LogP contribution in [0.3, 0.4) is 0 Å². The Kier molecular flexibility index (Phi) is 4.42. The van der Waals surface area contributed by atoms with Crippen LogP contribution in [0.25, 0.3) is 0 Å². The quantitative estimate of drug-likeness (QED) is 0.779. The van der Waals surface area contributed by atoms with Crippen LogP contribution in [0.2, 0.25) is 5.02 Å². The van der Waals surface area contributed by atoms with Crippen molar-refractivity contribution in [2.75, 3.05) is 13.1 Å². The summed E-state index contributed by atoms with van der Waals surface area (Å²) in [7, 11) is 0. The fourth-order valence-electron chi connectivity index (χ4n) is 3.84. The zero-order valence-electron chi connectivity index (χ0n) is 11.9. The van der Waals surface area contributed by atoms with Crippen molar-refractivity contribution in [1.29, 1.82) is 0 Å². The van der Waals surface area contributed by atoms with Crippen LogP contribution >= 0.6 is 11.6 Å². The molecule has 3 rings (SSSR count). The van der Waals surface area contributed by atoms with Crippen molar-refractivity contribution in [3.05, 3.63) is 34.9 Å². The number of likely N-dealkylation sites (tertiary alicyclic amines) is 1. The van der Waals surface area contributed by atoms with Gasteiger partial charge in [-0.05, 0) is 62.4 Å². The van der Waals surface area contributed by atoms with Crippen molar-refractivity contribution in [2.24, 2.45) is 5.92 Å². The number of fused-ring (bicyclic) bond motifs is 1. The van der Waals surface area contributed by atoms with Crippen molar-refractivity contribution in [1.82, 2.24) is 4.90 Å². The third-order valence-electron chi connectivity index (χ3n) is 4.87. The van der Waals surface area contributed by atoms with Gasteiger partial charge in [-0.3, -0.25) is 9.69 Å². The predicted molar refractivity (Wildman–Crippen MR) is 82.3 cm³/mol. The molecular weight excluding hydrogens is 270 g/mol. The summed E-state index contributed by atoms with van der Waals surface area (Å²) in [4.78, 5) is 14.8. The summed E-state index contributed by atoms with van der Waals surface area (Å²) in [6, 6.07) is 7.93. The number of hydrogen-bond acceptors (Lipinski definition) is 2. The lowest BCUT2D eigenvalue weighted by atomic mass is 9.78. The number of carbonyl (C=O) groups is 1. The highest BCUT2D eigenvalue weighted by Gasteiger charge is 2.33. The molecular formula is C17H22ClNO. The fraction of sp³-hybridized carbons (Fsp3) is 0.588. The van der Waals surface area contributed by atoms with E-state index in [-0.39, 0.29) is 5.78 Å². The molecule has 2 nitrogen and oxygen atoms in total. The molecule has 2 unspecified atom stereocenters. The summed E-state index contributed by atoms with van der Waals surface area (Å²) in [5.74, 6) is 1.06. The molecule has 0 radical (unpaired) electrons. The van der Waals surface area contributed by atoms with E-state index < -0.39 is 0 Å². The molecule has 2 atom stereocenters. The van der Waals surface area contributed by atoms with E-state index in [1.807, 2.05) is 12.1 Å². The van der Waals surface area contributed by atoms with Gasteiger partial charge in [-0.2, -0.15) is 0 Å². The number of benzene rings is 1. The van der Waals surface area contributed by atoms with Crippen molar-refractivity contribution in [3.8, 4) is 0 Å². The second kappa shape index (κ2) is 6.28. The van der Waals surface area contributed by atoms with Gasteiger partial charge in [0.25, 0.3) is 0 Å². The van der Waals surface area contributed by atoms with Gasteiger partial charge in [0.1, 0.15) is 0 Å². The van der Waals surface area contributed by atoms with E-state index in [4.69, 9.17) is 11.6 Å². The number of carbonyl (C=O) groups excluding carboxylic acids is 1. The maximum Gasteiger partial charge on any atom is 0.176 e. The van der Waals surface area contributed by atoms with Crippen LogP contribution in [0, 0.1) is 5.92 Å². The summed E-state index contributed by atoms with van der Waals surface area (Å²) in [5, 5.41) is 0.687. The van der Waals surface area contributed by atoms with Crippen LogP contribution in [0.15, 0.2) is 24.3 Å².